The van der Waals surface area contributed by atoms with Gasteiger partial charge in [-0.05, 0) is 36.8 Å². The quantitative estimate of drug-likeness (QED) is 0.801. The van der Waals surface area contributed by atoms with Crippen molar-refractivity contribution in [1.82, 2.24) is 0 Å². The molecule has 0 spiro atoms. The molecule has 0 fully saturated rings. The third kappa shape index (κ3) is 4.45. The summed E-state index contributed by atoms with van der Waals surface area (Å²) >= 11 is 7.52. The van der Waals surface area contributed by atoms with Gasteiger partial charge >= 0.3 is 0 Å². The molecular formula is C16H18ClNO3S. The lowest BCUT2D eigenvalue weighted by Crippen LogP contribution is -2.25. The summed E-state index contributed by atoms with van der Waals surface area (Å²) in [4.78, 5) is 12.4. The van der Waals surface area contributed by atoms with E-state index >= 15 is 0 Å². The predicted octanol–water partition coefficient (Wildman–Crippen LogP) is 4.59. The molecule has 1 heterocycles. The zero-order chi connectivity index (χ0) is 15.9. The van der Waals surface area contributed by atoms with Gasteiger partial charge in [0, 0.05) is 5.02 Å². The molecule has 1 atom stereocenters. The van der Waals surface area contributed by atoms with E-state index in [1.54, 1.807) is 43.3 Å². The second-order valence-corrected chi connectivity index (χ2v) is 6.25. The first-order valence-electron chi connectivity index (χ1n) is 6.92. The molecule has 4 nitrogen and oxygen atoms in total. The number of methoxy groups -OCH3 is 1. The number of ether oxygens (including phenoxy) is 1. The van der Waals surface area contributed by atoms with Crippen molar-refractivity contribution in [2.75, 3.05) is 12.4 Å². The summed E-state index contributed by atoms with van der Waals surface area (Å²) < 4.78 is 10.5. The van der Waals surface area contributed by atoms with Crippen molar-refractivity contribution in [3.63, 3.8) is 0 Å². The van der Waals surface area contributed by atoms with Crippen LogP contribution in [-0.2, 0) is 10.5 Å². The first-order valence-corrected chi connectivity index (χ1v) is 8.35. The molecule has 0 radical (unpaired) electrons. The lowest BCUT2D eigenvalue weighted by Gasteiger charge is -2.16. The molecule has 6 heteroatoms. The summed E-state index contributed by atoms with van der Waals surface area (Å²) in [7, 11) is 1.56. The Bertz CT molecular complexity index is 616. The van der Waals surface area contributed by atoms with Gasteiger partial charge in [-0.1, -0.05) is 18.5 Å². The molecule has 1 unspecified atom stereocenters. The van der Waals surface area contributed by atoms with Crippen molar-refractivity contribution in [2.24, 2.45) is 0 Å². The highest BCUT2D eigenvalue weighted by molar-refractivity contribution is 7.99. The number of furan rings is 1. The van der Waals surface area contributed by atoms with Gasteiger partial charge in [-0.3, -0.25) is 4.79 Å². The zero-order valence-corrected chi connectivity index (χ0v) is 14.0. The third-order valence-corrected chi connectivity index (χ3v) is 4.73. The number of rotatable bonds is 7. The second-order valence-electron chi connectivity index (χ2n) is 4.62. The molecule has 0 saturated carbocycles. The van der Waals surface area contributed by atoms with Crippen LogP contribution >= 0.6 is 23.4 Å². The molecule has 2 rings (SSSR count). The second kappa shape index (κ2) is 8.15. The first kappa shape index (κ1) is 16.8. The number of anilines is 1. The molecule has 0 aliphatic rings. The predicted molar refractivity (Wildman–Crippen MR) is 90.7 cm³/mol. The summed E-state index contributed by atoms with van der Waals surface area (Å²) in [6, 6.07) is 8.88. The Kier molecular flexibility index (Phi) is 6.21. The molecule has 0 bridgehead atoms. The fraction of sp³-hybridized carbons (Fsp3) is 0.312. The molecule has 2 aromatic rings. The number of carbonyl (C=O) groups excluding carboxylic acids is 1. The highest BCUT2D eigenvalue weighted by atomic mass is 35.5. The van der Waals surface area contributed by atoms with Crippen LogP contribution in [0.3, 0.4) is 0 Å². The van der Waals surface area contributed by atoms with Gasteiger partial charge in [0.15, 0.2) is 0 Å². The minimum Gasteiger partial charge on any atom is -0.495 e. The number of hydrogen-bond acceptors (Lipinski definition) is 4. The van der Waals surface area contributed by atoms with E-state index in [1.807, 2.05) is 19.1 Å². The van der Waals surface area contributed by atoms with Crippen molar-refractivity contribution < 1.29 is 13.9 Å². The molecule has 118 valence electrons. The molecule has 1 amide bonds. The van der Waals surface area contributed by atoms with Crippen LogP contribution in [0.5, 0.6) is 5.75 Å². The topological polar surface area (TPSA) is 51.5 Å². The average Bonchev–Trinajstić information content (AvgIpc) is 3.01. The van der Waals surface area contributed by atoms with E-state index in [0.29, 0.717) is 22.2 Å². The van der Waals surface area contributed by atoms with Gasteiger partial charge in [-0.2, -0.15) is 0 Å². The van der Waals surface area contributed by atoms with Gasteiger partial charge < -0.3 is 14.5 Å². The minimum atomic E-state index is -0.172. The van der Waals surface area contributed by atoms with Gasteiger partial charge in [-0.15, -0.1) is 11.8 Å². The van der Waals surface area contributed by atoms with Crippen LogP contribution in [0.1, 0.15) is 19.1 Å². The minimum absolute atomic E-state index is 0.0698. The standard InChI is InChI=1S/C16H18ClNO3S/c1-3-15(22-10-12-5-4-8-21-12)16(19)18-13-9-11(17)6-7-14(13)20-2/h4-9,15H,3,10H2,1-2H3,(H,18,19). The number of hydrogen-bond donors (Lipinski definition) is 1. The van der Waals surface area contributed by atoms with Crippen LogP contribution in [0.4, 0.5) is 5.69 Å². The van der Waals surface area contributed by atoms with E-state index < -0.39 is 0 Å². The van der Waals surface area contributed by atoms with Crippen LogP contribution in [0, 0.1) is 0 Å². The largest absolute Gasteiger partial charge is 0.495 e. The van der Waals surface area contributed by atoms with Crippen LogP contribution < -0.4 is 10.1 Å². The normalized spacial score (nSPS) is 12.0. The lowest BCUT2D eigenvalue weighted by molar-refractivity contribution is -0.115. The number of nitrogens with one attached hydrogen (secondary N) is 1. The zero-order valence-electron chi connectivity index (χ0n) is 12.5. The fourth-order valence-electron chi connectivity index (χ4n) is 1.95. The van der Waals surface area contributed by atoms with Crippen molar-refractivity contribution in [3.05, 3.63) is 47.4 Å². The van der Waals surface area contributed by atoms with Crippen LogP contribution in [-0.4, -0.2) is 18.3 Å². The van der Waals surface area contributed by atoms with E-state index in [-0.39, 0.29) is 11.2 Å². The Labute approximate surface area is 139 Å². The summed E-state index contributed by atoms with van der Waals surface area (Å²) in [5.41, 5.74) is 0.581. The lowest BCUT2D eigenvalue weighted by atomic mass is 10.2. The van der Waals surface area contributed by atoms with Crippen LogP contribution in [0.15, 0.2) is 41.0 Å². The van der Waals surface area contributed by atoms with Gasteiger partial charge in [0.1, 0.15) is 11.5 Å². The molecule has 0 aliphatic heterocycles. The van der Waals surface area contributed by atoms with E-state index in [2.05, 4.69) is 5.32 Å². The maximum Gasteiger partial charge on any atom is 0.237 e. The first-order chi connectivity index (χ1) is 10.6. The van der Waals surface area contributed by atoms with Gasteiger partial charge in [0.25, 0.3) is 0 Å². The van der Waals surface area contributed by atoms with Crippen molar-refractivity contribution in [1.29, 1.82) is 0 Å². The van der Waals surface area contributed by atoms with Gasteiger partial charge in [0.05, 0.1) is 30.1 Å². The number of thioether (sulfide) groups is 1. The highest BCUT2D eigenvalue weighted by Crippen LogP contribution is 2.29. The Balaban J connectivity index is 2.01. The maximum atomic E-state index is 12.4. The van der Waals surface area contributed by atoms with Crippen molar-refractivity contribution in [3.8, 4) is 5.75 Å². The average molecular weight is 340 g/mol. The molecule has 0 saturated heterocycles. The Morgan fingerprint density at radius 2 is 2.27 bits per heavy atom. The summed E-state index contributed by atoms with van der Waals surface area (Å²) in [6.07, 6.45) is 2.35. The van der Waals surface area contributed by atoms with E-state index in [9.17, 15) is 4.79 Å². The van der Waals surface area contributed by atoms with Crippen molar-refractivity contribution >= 4 is 35.0 Å². The number of halogens is 1. The van der Waals surface area contributed by atoms with E-state index in [0.717, 1.165) is 12.2 Å². The summed E-state index contributed by atoms with van der Waals surface area (Å²) in [5, 5.41) is 3.26. The number of carbonyl (C=O) groups is 1. The number of benzene rings is 1. The summed E-state index contributed by atoms with van der Waals surface area (Å²) in [6.45, 7) is 1.98. The van der Waals surface area contributed by atoms with Crippen molar-refractivity contribution in [2.45, 2.75) is 24.3 Å². The summed E-state index contributed by atoms with van der Waals surface area (Å²) in [5.74, 6) is 2.03. The SMILES string of the molecule is CCC(SCc1ccco1)C(=O)Nc1cc(Cl)ccc1OC. The molecular weight excluding hydrogens is 322 g/mol. The fourth-order valence-corrected chi connectivity index (χ4v) is 3.10. The van der Waals surface area contributed by atoms with Gasteiger partial charge in [0.2, 0.25) is 5.91 Å². The molecule has 22 heavy (non-hydrogen) atoms. The third-order valence-electron chi connectivity index (χ3n) is 3.09. The van der Waals surface area contributed by atoms with Crippen LogP contribution in [0.2, 0.25) is 5.02 Å². The maximum absolute atomic E-state index is 12.4. The molecule has 1 aromatic carbocycles. The van der Waals surface area contributed by atoms with Gasteiger partial charge in [-0.25, -0.2) is 0 Å². The Morgan fingerprint density at radius 3 is 2.91 bits per heavy atom. The number of amides is 1. The molecule has 1 N–H and O–H groups in total. The monoisotopic (exact) mass is 339 g/mol. The van der Waals surface area contributed by atoms with E-state index in [4.69, 9.17) is 20.8 Å². The smallest absolute Gasteiger partial charge is 0.237 e. The molecule has 0 aliphatic carbocycles. The van der Waals surface area contributed by atoms with E-state index in [1.165, 1.54) is 0 Å². The molecule has 1 aromatic heterocycles. The Morgan fingerprint density at radius 1 is 1.45 bits per heavy atom. The Hall–Kier alpha value is -1.59. The van der Waals surface area contributed by atoms with Crippen LogP contribution in [0.25, 0.3) is 0 Å². The highest BCUT2D eigenvalue weighted by Gasteiger charge is 2.19.